The third kappa shape index (κ3) is 3.63. The lowest BCUT2D eigenvalue weighted by Gasteiger charge is -2.40. The molecule has 7 heteroatoms. The van der Waals surface area contributed by atoms with Crippen molar-refractivity contribution in [3.63, 3.8) is 0 Å². The molecule has 144 valence electrons. The highest BCUT2D eigenvalue weighted by atomic mass is 16.2. The van der Waals surface area contributed by atoms with Crippen LogP contribution in [0.25, 0.3) is 0 Å². The van der Waals surface area contributed by atoms with Crippen molar-refractivity contribution in [3.8, 4) is 0 Å². The minimum absolute atomic E-state index is 0.0621. The maximum Gasteiger partial charge on any atom is 0.326 e. The van der Waals surface area contributed by atoms with Crippen molar-refractivity contribution in [3.05, 3.63) is 18.0 Å². The van der Waals surface area contributed by atoms with Gasteiger partial charge in [-0.05, 0) is 44.1 Å². The Morgan fingerprint density at radius 1 is 1.31 bits per heavy atom. The van der Waals surface area contributed by atoms with Crippen molar-refractivity contribution in [1.82, 2.24) is 24.9 Å². The van der Waals surface area contributed by atoms with Crippen molar-refractivity contribution >= 4 is 11.9 Å². The molecule has 3 rings (SSSR count). The van der Waals surface area contributed by atoms with E-state index >= 15 is 0 Å². The Bertz CT molecular complexity index is 682. The summed E-state index contributed by atoms with van der Waals surface area (Å²) in [6.07, 6.45) is 7.18. The van der Waals surface area contributed by atoms with Gasteiger partial charge in [-0.25, -0.2) is 9.69 Å². The molecule has 0 radical (unpaired) electrons. The van der Waals surface area contributed by atoms with Crippen LogP contribution in [0.3, 0.4) is 0 Å². The van der Waals surface area contributed by atoms with Crippen molar-refractivity contribution in [1.29, 1.82) is 0 Å². The van der Waals surface area contributed by atoms with Gasteiger partial charge in [0.2, 0.25) is 0 Å². The molecule has 26 heavy (non-hydrogen) atoms. The zero-order chi connectivity index (χ0) is 19.1. The Morgan fingerprint density at radius 3 is 2.50 bits per heavy atom. The van der Waals surface area contributed by atoms with Gasteiger partial charge in [-0.2, -0.15) is 5.10 Å². The van der Waals surface area contributed by atoms with Crippen molar-refractivity contribution < 1.29 is 9.59 Å². The topological polar surface area (TPSA) is 70.5 Å². The third-order valence-electron chi connectivity index (χ3n) is 5.90. The fraction of sp³-hybridized carbons (Fsp3) is 0.737. The lowest BCUT2D eigenvalue weighted by Crippen LogP contribution is -2.51. The van der Waals surface area contributed by atoms with E-state index in [1.165, 1.54) is 4.90 Å². The fourth-order valence-electron chi connectivity index (χ4n) is 4.28. The molecule has 1 aromatic heterocycles. The lowest BCUT2D eigenvalue weighted by molar-refractivity contribution is -0.134. The number of aromatic nitrogens is 2. The molecular formula is C19H31N5O2. The fourth-order valence-corrected chi connectivity index (χ4v) is 4.28. The molecule has 1 saturated carbocycles. The van der Waals surface area contributed by atoms with Gasteiger partial charge in [-0.3, -0.25) is 14.4 Å². The van der Waals surface area contributed by atoms with Crippen LogP contribution in [0, 0.1) is 11.3 Å². The first-order valence-corrected chi connectivity index (χ1v) is 9.41. The van der Waals surface area contributed by atoms with E-state index in [1.54, 1.807) is 10.9 Å². The number of aryl methyl sites for hydroxylation is 1. The third-order valence-corrected chi connectivity index (χ3v) is 5.90. The summed E-state index contributed by atoms with van der Waals surface area (Å²) in [5, 5.41) is 7.17. The number of rotatable bonds is 4. The average molecular weight is 361 g/mol. The molecule has 1 aliphatic heterocycles. The molecule has 0 aromatic carbocycles. The number of hydrogen-bond acceptors (Lipinski definition) is 4. The van der Waals surface area contributed by atoms with Crippen LogP contribution in [-0.4, -0.2) is 50.8 Å². The van der Waals surface area contributed by atoms with Crippen LogP contribution in [0.15, 0.2) is 12.4 Å². The van der Waals surface area contributed by atoms with Crippen LogP contribution in [0.4, 0.5) is 4.79 Å². The van der Waals surface area contributed by atoms with E-state index in [4.69, 9.17) is 0 Å². The molecule has 1 aromatic rings. The minimum atomic E-state index is -0.687. The van der Waals surface area contributed by atoms with Gasteiger partial charge in [0.15, 0.2) is 0 Å². The molecule has 2 heterocycles. The monoisotopic (exact) mass is 361 g/mol. The first-order chi connectivity index (χ1) is 12.1. The molecular weight excluding hydrogens is 330 g/mol. The highest BCUT2D eigenvalue weighted by Gasteiger charge is 2.53. The molecule has 0 unspecified atom stereocenters. The molecule has 1 N–H and O–H groups in total. The normalized spacial score (nSPS) is 26.8. The summed E-state index contributed by atoms with van der Waals surface area (Å²) in [5.74, 6) is 0.535. The predicted octanol–water partition coefficient (Wildman–Crippen LogP) is 2.34. The minimum Gasteiger partial charge on any atom is -0.323 e. The first kappa shape index (κ1) is 18.9. The van der Waals surface area contributed by atoms with Gasteiger partial charge in [-0.1, -0.05) is 20.8 Å². The predicted molar refractivity (Wildman–Crippen MR) is 99.1 cm³/mol. The van der Waals surface area contributed by atoms with Gasteiger partial charge in [-0.15, -0.1) is 0 Å². The van der Waals surface area contributed by atoms with Crippen LogP contribution in [0.5, 0.6) is 0 Å². The van der Waals surface area contributed by atoms with E-state index in [9.17, 15) is 9.59 Å². The molecule has 1 saturated heterocycles. The second-order valence-corrected chi connectivity index (χ2v) is 9.06. The molecule has 2 aliphatic rings. The number of amides is 3. The maximum absolute atomic E-state index is 13.0. The van der Waals surface area contributed by atoms with E-state index < -0.39 is 5.54 Å². The molecule has 2 fully saturated rings. The van der Waals surface area contributed by atoms with Gasteiger partial charge in [0, 0.05) is 25.4 Å². The SMILES string of the molecule is CN(Cc1cnn(C)c1)CN1C(=O)NC2(CCC(C(C)(C)C)CC2)C1=O. The van der Waals surface area contributed by atoms with Crippen molar-refractivity contribution in [2.45, 2.75) is 58.5 Å². The standard InChI is InChI=1S/C19H31N5O2/c1-18(2,3)15-6-8-19(9-7-15)16(25)24(17(26)21-19)13-22(4)11-14-10-20-23(5)12-14/h10,12,15H,6-9,11,13H2,1-5H3,(H,21,26). The molecule has 0 atom stereocenters. The summed E-state index contributed by atoms with van der Waals surface area (Å²) < 4.78 is 1.75. The van der Waals surface area contributed by atoms with E-state index in [2.05, 4.69) is 31.2 Å². The van der Waals surface area contributed by atoms with Crippen LogP contribution in [0.1, 0.15) is 52.0 Å². The smallest absolute Gasteiger partial charge is 0.323 e. The summed E-state index contributed by atoms with van der Waals surface area (Å²) in [6, 6.07) is -0.262. The van der Waals surface area contributed by atoms with E-state index in [0.29, 0.717) is 19.1 Å². The quantitative estimate of drug-likeness (QED) is 0.836. The number of imide groups is 1. The Hall–Kier alpha value is -1.89. The highest BCUT2D eigenvalue weighted by molar-refractivity contribution is 6.07. The second kappa shape index (κ2) is 6.68. The summed E-state index contributed by atoms with van der Waals surface area (Å²) in [7, 11) is 3.79. The lowest BCUT2D eigenvalue weighted by atomic mass is 9.67. The summed E-state index contributed by atoms with van der Waals surface area (Å²) in [5.41, 5.74) is 0.618. The van der Waals surface area contributed by atoms with E-state index in [1.807, 2.05) is 25.2 Å². The first-order valence-electron chi connectivity index (χ1n) is 9.41. The van der Waals surface area contributed by atoms with Gasteiger partial charge in [0.1, 0.15) is 5.54 Å². The number of carbonyl (C=O) groups excluding carboxylic acids is 2. The largest absolute Gasteiger partial charge is 0.326 e. The number of carbonyl (C=O) groups is 2. The number of urea groups is 1. The maximum atomic E-state index is 13.0. The summed E-state index contributed by atoms with van der Waals surface area (Å²) in [4.78, 5) is 28.9. The highest BCUT2D eigenvalue weighted by Crippen LogP contribution is 2.43. The van der Waals surface area contributed by atoms with E-state index in [-0.39, 0.29) is 17.4 Å². The Labute approximate surface area is 155 Å². The number of hydrogen-bond donors (Lipinski definition) is 1. The van der Waals surface area contributed by atoms with Crippen LogP contribution in [0.2, 0.25) is 0 Å². The van der Waals surface area contributed by atoms with Crippen molar-refractivity contribution in [2.75, 3.05) is 13.7 Å². The van der Waals surface area contributed by atoms with E-state index in [0.717, 1.165) is 31.2 Å². The Kier molecular flexibility index (Phi) is 4.86. The zero-order valence-corrected chi connectivity index (χ0v) is 16.6. The number of nitrogens with one attached hydrogen (secondary N) is 1. The van der Waals surface area contributed by atoms with Crippen LogP contribution in [-0.2, 0) is 18.4 Å². The molecule has 0 bridgehead atoms. The van der Waals surface area contributed by atoms with Crippen LogP contribution >= 0.6 is 0 Å². The van der Waals surface area contributed by atoms with Crippen molar-refractivity contribution in [2.24, 2.45) is 18.4 Å². The summed E-state index contributed by atoms with van der Waals surface area (Å²) >= 11 is 0. The molecule has 7 nitrogen and oxygen atoms in total. The average Bonchev–Trinajstić information content (AvgIpc) is 3.04. The Morgan fingerprint density at radius 2 is 1.96 bits per heavy atom. The summed E-state index contributed by atoms with van der Waals surface area (Å²) in [6.45, 7) is 7.70. The molecule has 1 spiro atoms. The van der Waals surface area contributed by atoms with Gasteiger partial charge in [0.05, 0.1) is 12.9 Å². The van der Waals surface area contributed by atoms with Crippen LogP contribution < -0.4 is 5.32 Å². The number of nitrogens with zero attached hydrogens (tertiary/aromatic N) is 4. The zero-order valence-electron chi connectivity index (χ0n) is 16.6. The van der Waals surface area contributed by atoms with Gasteiger partial charge in [0.25, 0.3) is 5.91 Å². The van der Waals surface area contributed by atoms with Gasteiger partial charge >= 0.3 is 6.03 Å². The second-order valence-electron chi connectivity index (χ2n) is 9.06. The Balaban J connectivity index is 1.62. The molecule has 1 aliphatic carbocycles. The van der Waals surface area contributed by atoms with Gasteiger partial charge < -0.3 is 5.32 Å². The molecule has 3 amide bonds.